The van der Waals surface area contributed by atoms with E-state index in [2.05, 4.69) is 42.3 Å². The second-order valence-corrected chi connectivity index (χ2v) is 19.9. The van der Waals surface area contributed by atoms with Gasteiger partial charge in [0.25, 0.3) is 0 Å². The number of carbonyl (C=O) groups excluding carboxylic acids is 1. The van der Waals surface area contributed by atoms with E-state index >= 15 is 0 Å². The molecule has 0 aliphatic carbocycles. The molecule has 0 radical (unpaired) electrons. The highest BCUT2D eigenvalue weighted by Gasteiger charge is 2.48. The summed E-state index contributed by atoms with van der Waals surface area (Å²) < 4.78 is 59.3. The molecular formula is C53H100O12S. The van der Waals surface area contributed by atoms with Crippen molar-refractivity contribution < 1.29 is 56.2 Å². The van der Waals surface area contributed by atoms with Crippen LogP contribution in [0, 0.1) is 0 Å². The highest BCUT2D eigenvalue weighted by atomic mass is 32.3. The van der Waals surface area contributed by atoms with Gasteiger partial charge in [-0.3, -0.25) is 9.35 Å². The van der Waals surface area contributed by atoms with Crippen LogP contribution < -0.4 is 0 Å². The maximum atomic E-state index is 12.9. The van der Waals surface area contributed by atoms with Crippen LogP contribution in [0.3, 0.4) is 0 Å². The SMILES string of the molecule is CCCCC/C=C\C/C=C\CCCCCCCCCCCCOCC(COC1OC(CO)C(O)C(OS(=O)(=O)O)C1O)OC(=O)CCCCCCCCCCCCCCCCCCCCC. The van der Waals surface area contributed by atoms with Gasteiger partial charge in [-0.2, -0.15) is 8.42 Å². The van der Waals surface area contributed by atoms with E-state index < -0.39 is 59.8 Å². The van der Waals surface area contributed by atoms with Gasteiger partial charge in [-0.05, 0) is 44.9 Å². The zero-order valence-electron chi connectivity index (χ0n) is 42.0. The Morgan fingerprint density at radius 1 is 0.576 bits per heavy atom. The Morgan fingerprint density at radius 3 is 1.47 bits per heavy atom. The average Bonchev–Trinajstić information content (AvgIpc) is 3.29. The first-order valence-corrected chi connectivity index (χ1v) is 28.5. The molecule has 1 aliphatic rings. The van der Waals surface area contributed by atoms with Gasteiger partial charge in [0.15, 0.2) is 6.29 Å². The van der Waals surface area contributed by atoms with Crippen LogP contribution in [0.1, 0.15) is 245 Å². The van der Waals surface area contributed by atoms with Crippen LogP contribution in [0.2, 0.25) is 0 Å². The molecule has 1 fully saturated rings. The average molecular weight is 961 g/mol. The van der Waals surface area contributed by atoms with Crippen LogP contribution in [-0.4, -0.2) is 97.5 Å². The molecule has 13 heteroatoms. The number of allylic oxidation sites excluding steroid dienone is 4. The second kappa shape index (κ2) is 44.8. The maximum Gasteiger partial charge on any atom is 0.397 e. The fourth-order valence-electron chi connectivity index (χ4n) is 8.47. The Balaban J connectivity index is 2.33. The molecule has 1 aliphatic heterocycles. The van der Waals surface area contributed by atoms with Crippen molar-refractivity contribution in [1.29, 1.82) is 0 Å². The summed E-state index contributed by atoms with van der Waals surface area (Å²) in [5, 5.41) is 30.8. The molecule has 0 aromatic rings. The van der Waals surface area contributed by atoms with Crippen molar-refractivity contribution in [1.82, 2.24) is 0 Å². The fourth-order valence-corrected chi connectivity index (χ4v) is 8.98. The molecule has 4 N–H and O–H groups in total. The lowest BCUT2D eigenvalue weighted by atomic mass is 9.99. The third kappa shape index (κ3) is 37.5. The number of hydrogen-bond acceptors (Lipinski definition) is 11. The summed E-state index contributed by atoms with van der Waals surface area (Å²) in [7, 11) is -5.06. The van der Waals surface area contributed by atoms with Crippen LogP contribution in [0.15, 0.2) is 24.3 Å². The second-order valence-electron chi connectivity index (χ2n) is 18.8. The van der Waals surface area contributed by atoms with Crippen molar-refractivity contribution >= 4 is 16.4 Å². The first-order chi connectivity index (χ1) is 32.1. The number of esters is 1. The van der Waals surface area contributed by atoms with Gasteiger partial charge in [0.2, 0.25) is 0 Å². The minimum atomic E-state index is -5.06. The molecule has 0 aromatic carbocycles. The Labute approximate surface area is 403 Å². The number of aliphatic hydroxyl groups is 3. The molecule has 0 saturated carbocycles. The zero-order valence-corrected chi connectivity index (χ0v) is 42.8. The number of carbonyl (C=O) groups is 1. The minimum Gasteiger partial charge on any atom is -0.457 e. The highest BCUT2D eigenvalue weighted by Crippen LogP contribution is 2.26. The first kappa shape index (κ1) is 62.6. The quantitative estimate of drug-likeness (QED) is 0.0197. The summed E-state index contributed by atoms with van der Waals surface area (Å²) in [6.07, 6.45) is 43.5. The normalized spacial score (nSPS) is 19.6. The van der Waals surface area contributed by atoms with E-state index in [1.54, 1.807) is 0 Å². The Bertz CT molecular complexity index is 1250. The third-order valence-corrected chi connectivity index (χ3v) is 13.0. The Hall–Kier alpha value is -1.42. The van der Waals surface area contributed by atoms with Crippen LogP contribution in [-0.2, 0) is 38.3 Å². The molecule has 0 amide bonds. The van der Waals surface area contributed by atoms with E-state index in [9.17, 15) is 33.1 Å². The molecule has 0 spiro atoms. The number of hydrogen-bond donors (Lipinski definition) is 4. The third-order valence-electron chi connectivity index (χ3n) is 12.6. The lowest BCUT2D eigenvalue weighted by molar-refractivity contribution is -0.301. The largest absolute Gasteiger partial charge is 0.457 e. The Morgan fingerprint density at radius 2 is 1.00 bits per heavy atom. The zero-order chi connectivity index (χ0) is 48.2. The summed E-state index contributed by atoms with van der Waals surface area (Å²) in [6.45, 7) is 4.01. The van der Waals surface area contributed by atoms with Crippen molar-refractivity contribution in [3.8, 4) is 0 Å². The first-order valence-electron chi connectivity index (χ1n) is 27.1. The molecule has 0 aromatic heterocycles. The van der Waals surface area contributed by atoms with Gasteiger partial charge in [0.1, 0.15) is 30.5 Å². The van der Waals surface area contributed by atoms with Gasteiger partial charge in [0, 0.05) is 13.0 Å². The minimum absolute atomic E-state index is 0.0384. The van der Waals surface area contributed by atoms with Gasteiger partial charge < -0.3 is 34.3 Å². The van der Waals surface area contributed by atoms with E-state index in [0.29, 0.717) is 13.0 Å². The van der Waals surface area contributed by atoms with E-state index in [0.717, 1.165) is 44.9 Å². The van der Waals surface area contributed by atoms with Crippen molar-refractivity contribution in [2.75, 3.05) is 26.4 Å². The molecule has 390 valence electrons. The highest BCUT2D eigenvalue weighted by molar-refractivity contribution is 7.80. The number of aliphatic hydroxyl groups excluding tert-OH is 3. The van der Waals surface area contributed by atoms with Crippen LogP contribution >= 0.6 is 0 Å². The molecule has 0 bridgehead atoms. The van der Waals surface area contributed by atoms with Crippen LogP contribution in [0.4, 0.5) is 0 Å². The van der Waals surface area contributed by atoms with Crippen LogP contribution in [0.25, 0.3) is 0 Å². The van der Waals surface area contributed by atoms with Crippen molar-refractivity contribution in [3.63, 3.8) is 0 Å². The topological polar surface area (TPSA) is 178 Å². The van der Waals surface area contributed by atoms with Crippen molar-refractivity contribution in [3.05, 3.63) is 24.3 Å². The molecule has 1 heterocycles. The number of ether oxygens (including phenoxy) is 4. The van der Waals surface area contributed by atoms with Gasteiger partial charge in [-0.15, -0.1) is 0 Å². The lowest BCUT2D eigenvalue weighted by Crippen LogP contribution is -2.60. The predicted molar refractivity (Wildman–Crippen MR) is 267 cm³/mol. The molecule has 6 atom stereocenters. The van der Waals surface area contributed by atoms with Crippen molar-refractivity contribution in [2.45, 2.75) is 282 Å². The number of unbranched alkanes of at least 4 members (excludes halogenated alkanes) is 31. The Kier molecular flexibility index (Phi) is 42.5. The van der Waals surface area contributed by atoms with Gasteiger partial charge in [-0.25, -0.2) is 4.18 Å². The lowest BCUT2D eigenvalue weighted by Gasteiger charge is -2.41. The maximum absolute atomic E-state index is 12.9. The molecule has 66 heavy (non-hydrogen) atoms. The molecular weight excluding hydrogens is 861 g/mol. The summed E-state index contributed by atoms with van der Waals surface area (Å²) >= 11 is 0. The van der Waals surface area contributed by atoms with Gasteiger partial charge >= 0.3 is 16.4 Å². The standard InChI is InChI=1S/C53H100O12S/c1-3-5-7-9-11-13-15-17-19-21-23-25-27-29-31-33-35-37-39-41-43-61-45-47(46-62-53-51(57)52(65-66(58,59)60)50(56)48(44-54)64-53)63-49(55)42-40-38-36-34-32-30-28-26-24-22-20-18-16-14-12-10-8-6-4-2/h11,13,17,19,47-48,50-54,56-57H,3-10,12,14-16,18,20-46H2,1-2H3,(H,58,59,60)/b13-11-,19-17-. The molecule has 1 saturated heterocycles. The van der Waals surface area contributed by atoms with Crippen LogP contribution in [0.5, 0.6) is 0 Å². The summed E-state index contributed by atoms with van der Waals surface area (Å²) in [5.74, 6) is -0.395. The molecule has 1 rings (SSSR count). The summed E-state index contributed by atoms with van der Waals surface area (Å²) in [6, 6.07) is 0. The molecule has 12 nitrogen and oxygen atoms in total. The summed E-state index contributed by atoms with van der Waals surface area (Å²) in [5.41, 5.74) is 0. The fraction of sp³-hybridized carbons (Fsp3) is 0.906. The monoisotopic (exact) mass is 961 g/mol. The summed E-state index contributed by atoms with van der Waals surface area (Å²) in [4.78, 5) is 12.9. The van der Waals surface area contributed by atoms with Crippen molar-refractivity contribution in [2.24, 2.45) is 0 Å². The van der Waals surface area contributed by atoms with E-state index in [4.69, 9.17) is 18.9 Å². The van der Waals surface area contributed by atoms with E-state index in [1.165, 1.54) is 173 Å². The van der Waals surface area contributed by atoms with E-state index in [1.807, 2.05) is 0 Å². The molecule has 6 unspecified atom stereocenters. The predicted octanol–water partition coefficient (Wildman–Crippen LogP) is 12.8. The smallest absolute Gasteiger partial charge is 0.397 e. The van der Waals surface area contributed by atoms with E-state index in [-0.39, 0.29) is 19.6 Å². The van der Waals surface area contributed by atoms with Gasteiger partial charge in [0.05, 0.1) is 19.8 Å². The van der Waals surface area contributed by atoms with Gasteiger partial charge in [-0.1, -0.05) is 218 Å². The number of rotatable bonds is 48.